The average molecular weight is 478 g/mol. The number of non-ortho nitro benzene ring substituents is 1. The summed E-state index contributed by atoms with van der Waals surface area (Å²) in [4.78, 5) is 26.9. The van der Waals surface area contributed by atoms with Crippen LogP contribution in [-0.2, 0) is 9.84 Å². The third kappa shape index (κ3) is 3.80. The number of aryl methyl sites for hydroxylation is 1. The smallest absolute Gasteiger partial charge is 0.269 e. The van der Waals surface area contributed by atoms with Gasteiger partial charge in [0, 0.05) is 22.2 Å². The summed E-state index contributed by atoms with van der Waals surface area (Å²) in [5.74, 6) is -0.942. The van der Waals surface area contributed by atoms with Crippen LogP contribution in [0.1, 0.15) is 15.2 Å². The lowest BCUT2D eigenvalue weighted by molar-refractivity contribution is -0.384. The molecule has 0 atom stereocenters. The van der Waals surface area contributed by atoms with Crippen LogP contribution in [0.2, 0.25) is 0 Å². The number of carbonyl (C=O) groups excluding carboxylic acids is 1. The Morgan fingerprint density at radius 3 is 2.52 bits per heavy atom. The van der Waals surface area contributed by atoms with Crippen LogP contribution in [0.25, 0.3) is 10.1 Å². The first kappa shape index (κ1) is 21.0. The minimum atomic E-state index is -3.96. The fourth-order valence-corrected chi connectivity index (χ4v) is 6.47. The molecule has 31 heavy (non-hydrogen) atoms. The summed E-state index contributed by atoms with van der Waals surface area (Å²) in [6.07, 6.45) is 1.11. The molecular weight excluding hydrogens is 465 g/mol. The van der Waals surface area contributed by atoms with Gasteiger partial charge in [-0.3, -0.25) is 20.2 Å². The second-order valence-corrected chi connectivity index (χ2v) is 10.6. The topological polar surface area (TPSA) is 119 Å². The number of nitro groups is 1. The van der Waals surface area contributed by atoms with Gasteiger partial charge in [-0.05, 0) is 36.8 Å². The lowest BCUT2D eigenvalue weighted by Crippen LogP contribution is -2.11. The molecule has 2 heterocycles. The molecule has 4 aromatic rings. The van der Waals surface area contributed by atoms with E-state index in [1.54, 1.807) is 19.1 Å². The molecule has 0 saturated carbocycles. The Labute approximate surface area is 183 Å². The van der Waals surface area contributed by atoms with Crippen molar-refractivity contribution in [2.45, 2.75) is 16.0 Å². The zero-order valence-corrected chi connectivity index (χ0v) is 18.1. The van der Waals surface area contributed by atoms with Gasteiger partial charge in [0.1, 0.15) is 10.0 Å². The normalized spacial score (nSPS) is 11.5. The monoisotopic (exact) mass is 477 g/mol. The zero-order chi connectivity index (χ0) is 22.3. The van der Waals surface area contributed by atoms with Gasteiger partial charge in [-0.25, -0.2) is 17.8 Å². The minimum absolute atomic E-state index is 0.0582. The molecule has 158 valence electrons. The van der Waals surface area contributed by atoms with Crippen molar-refractivity contribution >= 4 is 59.3 Å². The number of thiophene rings is 1. The standard InChI is InChI=1S/C19H12FN3O5S3/c1-10-16-13(20)3-2-4-14(16)29-17(10)18(24)22-19-21-9-15(30-19)31(27,28)12-7-5-11(6-8-12)23(25)26/h2-9H,1H3,(H,21,22,24). The first-order valence-corrected chi connectivity index (χ1v) is 11.7. The van der Waals surface area contributed by atoms with Gasteiger partial charge in [0.05, 0.1) is 20.9 Å². The van der Waals surface area contributed by atoms with Gasteiger partial charge in [-0.1, -0.05) is 17.4 Å². The minimum Gasteiger partial charge on any atom is -0.297 e. The van der Waals surface area contributed by atoms with Crippen molar-refractivity contribution in [2.75, 3.05) is 5.32 Å². The number of benzene rings is 2. The number of nitrogens with one attached hydrogen (secondary N) is 1. The van der Waals surface area contributed by atoms with Gasteiger partial charge in [0.15, 0.2) is 5.13 Å². The molecule has 2 aromatic heterocycles. The Morgan fingerprint density at radius 1 is 1.16 bits per heavy atom. The molecule has 0 aliphatic rings. The van der Waals surface area contributed by atoms with Crippen molar-refractivity contribution in [1.29, 1.82) is 0 Å². The van der Waals surface area contributed by atoms with E-state index in [0.717, 1.165) is 53.1 Å². The highest BCUT2D eigenvalue weighted by Gasteiger charge is 2.24. The second-order valence-electron chi connectivity index (χ2n) is 6.36. The van der Waals surface area contributed by atoms with Gasteiger partial charge in [0.25, 0.3) is 11.6 Å². The lowest BCUT2D eigenvalue weighted by Gasteiger charge is -2.01. The fourth-order valence-electron chi connectivity index (χ4n) is 2.93. The van der Waals surface area contributed by atoms with Crippen molar-refractivity contribution in [1.82, 2.24) is 4.98 Å². The molecule has 0 aliphatic carbocycles. The van der Waals surface area contributed by atoms with Crippen LogP contribution in [0.5, 0.6) is 0 Å². The number of sulfone groups is 1. The second kappa shape index (κ2) is 7.80. The number of amides is 1. The number of fused-ring (bicyclic) bond motifs is 1. The first-order valence-electron chi connectivity index (χ1n) is 8.63. The Balaban J connectivity index is 1.59. The van der Waals surface area contributed by atoms with E-state index in [9.17, 15) is 27.7 Å². The van der Waals surface area contributed by atoms with E-state index in [4.69, 9.17) is 0 Å². The van der Waals surface area contributed by atoms with E-state index >= 15 is 0 Å². The highest BCUT2D eigenvalue weighted by Crippen LogP contribution is 2.34. The number of carbonyl (C=O) groups is 1. The molecule has 0 aliphatic heterocycles. The molecule has 4 rings (SSSR count). The number of nitro benzene ring substituents is 1. The summed E-state index contributed by atoms with van der Waals surface area (Å²) in [5, 5.41) is 13.7. The summed E-state index contributed by atoms with van der Waals surface area (Å²) >= 11 is 1.88. The predicted octanol–water partition coefficient (Wildman–Crippen LogP) is 4.80. The highest BCUT2D eigenvalue weighted by atomic mass is 32.2. The predicted molar refractivity (Wildman–Crippen MR) is 115 cm³/mol. The number of anilines is 1. The SMILES string of the molecule is Cc1c(C(=O)Nc2ncc(S(=O)(=O)c3ccc([N+](=O)[O-])cc3)s2)sc2cccc(F)c12. The van der Waals surface area contributed by atoms with Crippen molar-refractivity contribution in [3.8, 4) is 0 Å². The van der Waals surface area contributed by atoms with Crippen LogP contribution in [0.4, 0.5) is 15.2 Å². The molecule has 0 radical (unpaired) electrons. The van der Waals surface area contributed by atoms with Crippen LogP contribution in [0, 0.1) is 22.9 Å². The number of aromatic nitrogens is 1. The summed E-state index contributed by atoms with van der Waals surface area (Å²) < 4.78 is 40.1. The number of hydrogen-bond donors (Lipinski definition) is 1. The summed E-state index contributed by atoms with van der Waals surface area (Å²) in [5.41, 5.74) is 0.261. The van der Waals surface area contributed by atoms with E-state index in [-0.39, 0.29) is 19.9 Å². The molecule has 1 amide bonds. The van der Waals surface area contributed by atoms with Gasteiger partial charge in [-0.15, -0.1) is 11.3 Å². The largest absolute Gasteiger partial charge is 0.297 e. The Morgan fingerprint density at radius 2 is 1.87 bits per heavy atom. The maximum atomic E-state index is 14.1. The fraction of sp³-hybridized carbons (Fsp3) is 0.0526. The summed E-state index contributed by atoms with van der Waals surface area (Å²) in [6.45, 7) is 1.64. The molecule has 1 N–H and O–H groups in total. The zero-order valence-electron chi connectivity index (χ0n) is 15.7. The van der Waals surface area contributed by atoms with Crippen molar-refractivity contribution in [3.05, 3.63) is 75.0 Å². The maximum absolute atomic E-state index is 14.1. The van der Waals surface area contributed by atoms with E-state index in [2.05, 4.69) is 10.3 Å². The molecule has 8 nitrogen and oxygen atoms in total. The van der Waals surface area contributed by atoms with Crippen LogP contribution < -0.4 is 5.32 Å². The summed E-state index contributed by atoms with van der Waals surface area (Å²) in [7, 11) is -3.96. The Hall–Kier alpha value is -3.22. The molecule has 12 heteroatoms. The van der Waals surface area contributed by atoms with E-state index in [1.807, 2.05) is 0 Å². The first-order chi connectivity index (χ1) is 14.7. The van der Waals surface area contributed by atoms with Gasteiger partial charge < -0.3 is 0 Å². The molecule has 2 aromatic carbocycles. The number of nitrogens with zero attached hydrogens (tertiary/aromatic N) is 2. The number of hydrogen-bond acceptors (Lipinski definition) is 8. The lowest BCUT2D eigenvalue weighted by atomic mass is 10.1. The van der Waals surface area contributed by atoms with Gasteiger partial charge >= 0.3 is 0 Å². The van der Waals surface area contributed by atoms with E-state index in [1.165, 1.54) is 6.07 Å². The third-order valence-corrected chi connectivity index (χ3v) is 8.84. The van der Waals surface area contributed by atoms with Crippen molar-refractivity contribution in [2.24, 2.45) is 0 Å². The van der Waals surface area contributed by atoms with Crippen LogP contribution in [0.3, 0.4) is 0 Å². The number of rotatable bonds is 5. The third-order valence-electron chi connectivity index (χ3n) is 4.44. The van der Waals surface area contributed by atoms with Crippen molar-refractivity contribution < 1.29 is 22.5 Å². The van der Waals surface area contributed by atoms with Crippen LogP contribution in [-0.4, -0.2) is 24.2 Å². The quantitative estimate of drug-likeness (QED) is 0.326. The van der Waals surface area contributed by atoms with E-state index < -0.39 is 26.5 Å². The number of thiazole rings is 1. The average Bonchev–Trinajstić information content (AvgIpc) is 3.34. The molecule has 0 spiro atoms. The van der Waals surface area contributed by atoms with Gasteiger partial charge in [-0.2, -0.15) is 0 Å². The molecule has 0 fully saturated rings. The maximum Gasteiger partial charge on any atom is 0.269 e. The number of halogens is 1. The summed E-state index contributed by atoms with van der Waals surface area (Å²) in [6, 6.07) is 9.07. The van der Waals surface area contributed by atoms with E-state index in [0.29, 0.717) is 20.5 Å². The van der Waals surface area contributed by atoms with Crippen molar-refractivity contribution in [3.63, 3.8) is 0 Å². The molecule has 0 bridgehead atoms. The Kier molecular flexibility index (Phi) is 5.29. The van der Waals surface area contributed by atoms with Crippen LogP contribution >= 0.6 is 22.7 Å². The molecule has 0 saturated heterocycles. The van der Waals surface area contributed by atoms with Crippen LogP contribution in [0.15, 0.2) is 57.8 Å². The Bertz CT molecular complexity index is 1440. The highest BCUT2D eigenvalue weighted by molar-refractivity contribution is 7.93. The molecule has 0 unspecified atom stereocenters. The molecular formula is C19H12FN3O5S3. The van der Waals surface area contributed by atoms with Gasteiger partial charge in [0.2, 0.25) is 9.84 Å².